The number of hydrogen-bond donors (Lipinski definition) is 0. The third-order valence-corrected chi connectivity index (χ3v) is 4.21. The minimum absolute atomic E-state index is 0.0311. The maximum atomic E-state index is 12.6. The minimum atomic E-state index is -0.106. The van der Waals surface area contributed by atoms with E-state index in [2.05, 4.69) is 0 Å². The number of nitrogens with zero attached hydrogens (tertiary/aromatic N) is 1. The highest BCUT2D eigenvalue weighted by atomic mass is 35.5. The summed E-state index contributed by atoms with van der Waals surface area (Å²) in [5.74, 6) is 0.331. The average molecular weight is 302 g/mol. The number of benzene rings is 1. The van der Waals surface area contributed by atoms with Crippen LogP contribution in [-0.4, -0.2) is 42.0 Å². The fraction of sp³-hybridized carbons (Fsp3) is 0.500. The number of aryl methyl sites for hydroxylation is 1. The van der Waals surface area contributed by atoms with E-state index in [-0.39, 0.29) is 18.1 Å². The van der Waals surface area contributed by atoms with Crippen molar-refractivity contribution in [1.82, 2.24) is 4.90 Å². The summed E-state index contributed by atoms with van der Waals surface area (Å²) in [5, 5.41) is 0.522. The van der Waals surface area contributed by atoms with Crippen molar-refractivity contribution in [3.05, 3.63) is 34.3 Å². The van der Waals surface area contributed by atoms with Gasteiger partial charge in [0, 0.05) is 6.54 Å². The molecule has 0 bridgehead atoms. The molecule has 0 aliphatic carbocycles. The molecular formula is C14H17Cl2NO2. The van der Waals surface area contributed by atoms with E-state index >= 15 is 0 Å². The van der Waals surface area contributed by atoms with Crippen LogP contribution in [0.15, 0.2) is 18.2 Å². The highest BCUT2D eigenvalue weighted by Gasteiger charge is 2.30. The number of carbonyl (C=O) groups is 1. The Morgan fingerprint density at radius 1 is 1.53 bits per heavy atom. The molecule has 0 spiro atoms. The lowest BCUT2D eigenvalue weighted by atomic mass is 10.1. The third kappa shape index (κ3) is 3.04. The van der Waals surface area contributed by atoms with E-state index in [0.29, 0.717) is 29.6 Å². The summed E-state index contributed by atoms with van der Waals surface area (Å²) < 4.78 is 5.55. The molecule has 19 heavy (non-hydrogen) atoms. The first-order valence-corrected chi connectivity index (χ1v) is 7.19. The van der Waals surface area contributed by atoms with E-state index in [0.717, 1.165) is 5.56 Å². The lowest BCUT2D eigenvalue weighted by Gasteiger charge is -2.37. The highest BCUT2D eigenvalue weighted by Crippen LogP contribution is 2.24. The van der Waals surface area contributed by atoms with Crippen LogP contribution in [0.2, 0.25) is 5.02 Å². The van der Waals surface area contributed by atoms with Gasteiger partial charge in [-0.2, -0.15) is 0 Å². The van der Waals surface area contributed by atoms with E-state index in [1.807, 2.05) is 26.0 Å². The summed E-state index contributed by atoms with van der Waals surface area (Å²) >= 11 is 12.0. The standard InChI is InChI=1S/C14H17Cl2NO2/c1-9-4-3-5-12(13(9)16)14(18)17-7-11(6-15)19-8-10(17)2/h3-5,10-11H,6-8H2,1-2H3. The number of hydrogen-bond acceptors (Lipinski definition) is 2. The lowest BCUT2D eigenvalue weighted by Crippen LogP contribution is -2.51. The quantitative estimate of drug-likeness (QED) is 0.786. The summed E-state index contributed by atoms with van der Waals surface area (Å²) in [7, 11) is 0. The zero-order valence-electron chi connectivity index (χ0n) is 11.0. The number of rotatable bonds is 2. The van der Waals surface area contributed by atoms with Gasteiger partial charge in [-0.1, -0.05) is 23.7 Å². The molecule has 2 unspecified atom stereocenters. The van der Waals surface area contributed by atoms with Crippen LogP contribution >= 0.6 is 23.2 Å². The van der Waals surface area contributed by atoms with E-state index in [1.54, 1.807) is 11.0 Å². The Morgan fingerprint density at radius 3 is 2.95 bits per heavy atom. The van der Waals surface area contributed by atoms with Gasteiger partial charge in [-0.25, -0.2) is 0 Å². The number of morpholine rings is 1. The molecule has 1 heterocycles. The number of halogens is 2. The van der Waals surface area contributed by atoms with E-state index < -0.39 is 0 Å². The molecule has 1 aliphatic rings. The molecule has 3 nitrogen and oxygen atoms in total. The van der Waals surface area contributed by atoms with Gasteiger partial charge >= 0.3 is 0 Å². The van der Waals surface area contributed by atoms with Crippen LogP contribution in [0.5, 0.6) is 0 Å². The normalized spacial score (nSPS) is 23.5. The van der Waals surface area contributed by atoms with Gasteiger partial charge in [0.15, 0.2) is 0 Å². The Bertz CT molecular complexity index is 479. The minimum Gasteiger partial charge on any atom is -0.373 e. The molecule has 0 radical (unpaired) electrons. The third-order valence-electron chi connectivity index (χ3n) is 3.36. The second-order valence-electron chi connectivity index (χ2n) is 4.85. The number of alkyl halides is 1. The summed E-state index contributed by atoms with van der Waals surface area (Å²) in [6.45, 7) is 4.87. The summed E-state index contributed by atoms with van der Waals surface area (Å²) in [4.78, 5) is 14.4. The molecule has 1 amide bonds. The molecular weight excluding hydrogens is 285 g/mol. The van der Waals surface area contributed by atoms with Gasteiger partial charge in [0.2, 0.25) is 0 Å². The van der Waals surface area contributed by atoms with Crippen LogP contribution in [0.4, 0.5) is 0 Å². The Labute approximate surface area is 123 Å². The van der Waals surface area contributed by atoms with Gasteiger partial charge in [0.25, 0.3) is 5.91 Å². The SMILES string of the molecule is Cc1cccc(C(=O)N2CC(CCl)OCC2C)c1Cl. The van der Waals surface area contributed by atoms with Crippen LogP contribution < -0.4 is 0 Å². The molecule has 0 saturated carbocycles. The molecule has 1 aliphatic heterocycles. The second-order valence-corrected chi connectivity index (χ2v) is 5.54. The molecule has 104 valence electrons. The largest absolute Gasteiger partial charge is 0.373 e. The van der Waals surface area contributed by atoms with Gasteiger partial charge in [0.1, 0.15) is 0 Å². The predicted molar refractivity (Wildman–Crippen MR) is 77.1 cm³/mol. The van der Waals surface area contributed by atoms with Crippen LogP contribution in [0.1, 0.15) is 22.8 Å². The Hall–Kier alpha value is -0.770. The molecule has 1 aromatic rings. The first-order valence-electron chi connectivity index (χ1n) is 6.28. The first kappa shape index (κ1) is 14.6. The maximum Gasteiger partial charge on any atom is 0.255 e. The van der Waals surface area contributed by atoms with Gasteiger partial charge in [-0.15, -0.1) is 11.6 Å². The zero-order chi connectivity index (χ0) is 14.0. The van der Waals surface area contributed by atoms with Crippen molar-refractivity contribution < 1.29 is 9.53 Å². The monoisotopic (exact) mass is 301 g/mol. The van der Waals surface area contributed by atoms with Gasteiger partial charge in [-0.05, 0) is 25.5 Å². The number of ether oxygens (including phenoxy) is 1. The highest BCUT2D eigenvalue weighted by molar-refractivity contribution is 6.34. The summed E-state index contributed by atoms with van der Waals surface area (Å²) in [5.41, 5.74) is 1.45. The predicted octanol–water partition coefficient (Wildman–Crippen LogP) is 3.12. The van der Waals surface area contributed by atoms with Crippen molar-refractivity contribution in [2.75, 3.05) is 19.0 Å². The van der Waals surface area contributed by atoms with E-state index in [4.69, 9.17) is 27.9 Å². The average Bonchev–Trinajstić information content (AvgIpc) is 2.42. The van der Waals surface area contributed by atoms with Crippen LogP contribution in [0.3, 0.4) is 0 Å². The molecule has 2 rings (SSSR count). The van der Waals surface area contributed by atoms with Crippen molar-refractivity contribution >= 4 is 29.1 Å². The summed E-state index contributed by atoms with van der Waals surface area (Å²) in [6, 6.07) is 5.53. The topological polar surface area (TPSA) is 29.5 Å². The molecule has 1 saturated heterocycles. The fourth-order valence-corrected chi connectivity index (χ4v) is 2.55. The van der Waals surface area contributed by atoms with Gasteiger partial charge in [-0.3, -0.25) is 4.79 Å². The van der Waals surface area contributed by atoms with E-state index in [1.165, 1.54) is 0 Å². The molecule has 5 heteroatoms. The van der Waals surface area contributed by atoms with Crippen LogP contribution in [0.25, 0.3) is 0 Å². The fourth-order valence-electron chi connectivity index (χ4n) is 2.16. The molecule has 1 aromatic carbocycles. The number of amides is 1. The molecule has 1 fully saturated rings. The van der Waals surface area contributed by atoms with Crippen molar-refractivity contribution in [3.63, 3.8) is 0 Å². The Balaban J connectivity index is 2.24. The van der Waals surface area contributed by atoms with Crippen molar-refractivity contribution in [1.29, 1.82) is 0 Å². The lowest BCUT2D eigenvalue weighted by molar-refractivity contribution is -0.0371. The van der Waals surface area contributed by atoms with Gasteiger partial charge < -0.3 is 9.64 Å². The number of carbonyl (C=O) groups excluding carboxylic acids is 1. The Kier molecular flexibility index (Phi) is 4.71. The van der Waals surface area contributed by atoms with Crippen LogP contribution in [0, 0.1) is 6.92 Å². The van der Waals surface area contributed by atoms with E-state index in [9.17, 15) is 4.79 Å². The zero-order valence-corrected chi connectivity index (χ0v) is 12.5. The van der Waals surface area contributed by atoms with Gasteiger partial charge in [0.05, 0.1) is 35.2 Å². The van der Waals surface area contributed by atoms with Crippen molar-refractivity contribution in [3.8, 4) is 0 Å². The Morgan fingerprint density at radius 2 is 2.26 bits per heavy atom. The summed E-state index contributed by atoms with van der Waals surface area (Å²) in [6.07, 6.45) is -0.106. The molecule has 2 atom stereocenters. The molecule has 0 N–H and O–H groups in total. The molecule has 0 aromatic heterocycles. The second kappa shape index (κ2) is 6.12. The first-order chi connectivity index (χ1) is 9.04. The smallest absolute Gasteiger partial charge is 0.255 e. The van der Waals surface area contributed by atoms with Crippen molar-refractivity contribution in [2.45, 2.75) is 26.0 Å². The van der Waals surface area contributed by atoms with Crippen LogP contribution in [-0.2, 0) is 4.74 Å². The van der Waals surface area contributed by atoms with Crippen molar-refractivity contribution in [2.24, 2.45) is 0 Å². The maximum absolute atomic E-state index is 12.6.